The maximum atomic E-state index is 11.4. The Labute approximate surface area is 205 Å². The Morgan fingerprint density at radius 2 is 2.06 bits per heavy atom. The van der Waals surface area contributed by atoms with Crippen molar-refractivity contribution in [1.82, 2.24) is 9.97 Å². The molecule has 0 bridgehead atoms. The summed E-state index contributed by atoms with van der Waals surface area (Å²) in [6, 6.07) is 10.9. The van der Waals surface area contributed by atoms with Crippen molar-refractivity contribution in [3.8, 4) is 17.0 Å². The van der Waals surface area contributed by atoms with Gasteiger partial charge < -0.3 is 15.2 Å². The molecule has 0 saturated heterocycles. The average Bonchev–Trinajstić information content (AvgIpc) is 3.16. The van der Waals surface area contributed by atoms with Crippen LogP contribution in [0.1, 0.15) is 20.8 Å². The minimum Gasteiger partial charge on any atom is -0.495 e. The zero-order chi connectivity index (χ0) is 23.5. The first-order valence-corrected chi connectivity index (χ1v) is 12.6. The van der Waals surface area contributed by atoms with Gasteiger partial charge >= 0.3 is 5.97 Å². The predicted molar refractivity (Wildman–Crippen MR) is 137 cm³/mol. The Bertz CT molecular complexity index is 1340. The fraction of sp³-hybridized carbons (Fsp3) is 0.208. The lowest BCUT2D eigenvalue weighted by Gasteiger charge is -2.10. The van der Waals surface area contributed by atoms with E-state index in [0.717, 1.165) is 38.5 Å². The van der Waals surface area contributed by atoms with Crippen molar-refractivity contribution in [3.63, 3.8) is 0 Å². The molecule has 0 amide bonds. The second-order valence-corrected chi connectivity index (χ2v) is 9.76. The van der Waals surface area contributed by atoms with Gasteiger partial charge in [0, 0.05) is 38.4 Å². The van der Waals surface area contributed by atoms with E-state index in [0.29, 0.717) is 17.3 Å². The van der Waals surface area contributed by atoms with E-state index in [9.17, 15) is 9.90 Å². The lowest BCUT2D eigenvalue weighted by Crippen LogP contribution is -2.07. The molecule has 0 fully saturated rings. The summed E-state index contributed by atoms with van der Waals surface area (Å²) in [6.45, 7) is 2.77. The van der Waals surface area contributed by atoms with Gasteiger partial charge in [-0.25, -0.2) is 14.8 Å². The van der Waals surface area contributed by atoms with Gasteiger partial charge in [-0.2, -0.15) is 0 Å². The fourth-order valence-electron chi connectivity index (χ4n) is 3.73. The van der Waals surface area contributed by atoms with E-state index in [2.05, 4.69) is 22.2 Å². The molecule has 0 spiro atoms. The van der Waals surface area contributed by atoms with E-state index < -0.39 is 5.97 Å². The number of hydrogen-bond donors (Lipinski definition) is 2. The Kier molecular flexibility index (Phi) is 7.07. The molecule has 0 aliphatic rings. The number of aromatic carboxylic acids is 1. The number of thiophene rings is 1. The van der Waals surface area contributed by atoms with Crippen LogP contribution in [-0.4, -0.2) is 41.0 Å². The van der Waals surface area contributed by atoms with Crippen molar-refractivity contribution >= 4 is 56.6 Å². The lowest BCUT2D eigenvalue weighted by molar-refractivity contribution is 0.0693. The monoisotopic (exact) mass is 499 g/mol. The van der Waals surface area contributed by atoms with Crippen LogP contribution in [0.25, 0.3) is 21.3 Å². The molecular formula is C24H22ClN3O3S2. The topological polar surface area (TPSA) is 84.3 Å². The maximum Gasteiger partial charge on any atom is 0.336 e. The van der Waals surface area contributed by atoms with Crippen LogP contribution < -0.4 is 10.1 Å². The molecule has 0 aliphatic heterocycles. The van der Waals surface area contributed by atoms with Crippen LogP contribution in [0.3, 0.4) is 0 Å². The highest BCUT2D eigenvalue weighted by Crippen LogP contribution is 2.41. The van der Waals surface area contributed by atoms with Gasteiger partial charge in [0.1, 0.15) is 17.9 Å². The fourth-order valence-corrected chi connectivity index (χ4v) is 5.90. The van der Waals surface area contributed by atoms with Gasteiger partial charge in [0.2, 0.25) is 0 Å². The van der Waals surface area contributed by atoms with Crippen molar-refractivity contribution in [2.24, 2.45) is 0 Å². The molecule has 4 rings (SSSR count). The third-order valence-electron chi connectivity index (χ3n) is 5.35. The molecule has 2 aromatic heterocycles. The summed E-state index contributed by atoms with van der Waals surface area (Å²) in [6.07, 6.45) is 4.15. The third kappa shape index (κ3) is 4.78. The van der Waals surface area contributed by atoms with Gasteiger partial charge in [-0.1, -0.05) is 17.7 Å². The van der Waals surface area contributed by atoms with E-state index in [1.54, 1.807) is 30.6 Å². The van der Waals surface area contributed by atoms with E-state index in [-0.39, 0.29) is 5.56 Å². The highest BCUT2D eigenvalue weighted by atomic mass is 35.5. The van der Waals surface area contributed by atoms with Crippen LogP contribution in [-0.2, 0) is 6.42 Å². The van der Waals surface area contributed by atoms with Crippen molar-refractivity contribution in [1.29, 1.82) is 0 Å². The number of fused-ring (bicyclic) bond motifs is 1. The summed E-state index contributed by atoms with van der Waals surface area (Å²) >= 11 is 9.60. The summed E-state index contributed by atoms with van der Waals surface area (Å²) in [5, 5.41) is 14.5. The van der Waals surface area contributed by atoms with Gasteiger partial charge in [-0.3, -0.25) is 0 Å². The van der Waals surface area contributed by atoms with Crippen LogP contribution in [0.15, 0.2) is 47.6 Å². The van der Waals surface area contributed by atoms with Crippen molar-refractivity contribution < 1.29 is 14.6 Å². The number of aryl methyl sites for hydroxylation is 1. The molecule has 33 heavy (non-hydrogen) atoms. The molecule has 9 heteroatoms. The zero-order valence-electron chi connectivity index (χ0n) is 18.3. The minimum absolute atomic E-state index is 0.285. The normalized spacial score (nSPS) is 11.0. The maximum absolute atomic E-state index is 11.4. The van der Waals surface area contributed by atoms with Crippen LogP contribution in [0.4, 0.5) is 5.82 Å². The number of methoxy groups -OCH3 is 1. The average molecular weight is 500 g/mol. The highest BCUT2D eigenvalue weighted by Gasteiger charge is 2.16. The van der Waals surface area contributed by atoms with E-state index in [1.807, 2.05) is 30.5 Å². The number of benzene rings is 2. The second-order valence-electron chi connectivity index (χ2n) is 7.28. The van der Waals surface area contributed by atoms with Crippen molar-refractivity contribution in [2.75, 3.05) is 25.2 Å². The van der Waals surface area contributed by atoms with Gasteiger partial charge in [0.25, 0.3) is 0 Å². The zero-order valence-corrected chi connectivity index (χ0v) is 20.7. The number of ether oxygens (including phenoxy) is 1. The molecule has 4 aromatic rings. The van der Waals surface area contributed by atoms with Gasteiger partial charge in [0.15, 0.2) is 0 Å². The number of thioether (sulfide) groups is 1. The van der Waals surface area contributed by atoms with Crippen LogP contribution in [0, 0.1) is 6.92 Å². The lowest BCUT2D eigenvalue weighted by atomic mass is 10.1. The molecular weight excluding hydrogens is 478 g/mol. The summed E-state index contributed by atoms with van der Waals surface area (Å²) in [4.78, 5) is 22.0. The van der Waals surface area contributed by atoms with Gasteiger partial charge in [-0.15, -0.1) is 23.1 Å². The standard InChI is InChI=1S/C24H22ClN3O3S2/c1-13-15(22-17(25)6-7-19(31-2)23(22)33-13)8-9-26-21-11-18(27-12-28-21)14-4-5-16(24(29)30)20(10-14)32-3/h4-7,10-12H,8-9H2,1-3H3,(H,29,30)(H,26,27,28). The quantitative estimate of drug-likeness (QED) is 0.271. The number of carboxylic acid groups (broad SMARTS) is 1. The van der Waals surface area contributed by atoms with Crippen molar-refractivity contribution in [3.05, 3.63) is 63.8 Å². The third-order valence-corrected chi connectivity index (χ3v) is 7.60. The summed E-state index contributed by atoms with van der Waals surface area (Å²) in [5.41, 5.74) is 3.06. The van der Waals surface area contributed by atoms with E-state index in [4.69, 9.17) is 16.3 Å². The first-order valence-electron chi connectivity index (χ1n) is 10.1. The molecule has 0 saturated carbocycles. The SMILES string of the molecule is COc1ccc(Cl)c2c(CCNc3cc(-c4ccc(C(=O)O)c(SC)c4)ncn3)c(C)sc12. The second kappa shape index (κ2) is 9.99. The van der Waals surface area contributed by atoms with Gasteiger partial charge in [0.05, 0.1) is 23.1 Å². The number of anilines is 1. The smallest absolute Gasteiger partial charge is 0.336 e. The van der Waals surface area contributed by atoms with E-state index >= 15 is 0 Å². The first-order chi connectivity index (χ1) is 15.9. The van der Waals surface area contributed by atoms with E-state index in [1.165, 1.54) is 28.5 Å². The van der Waals surface area contributed by atoms with Crippen molar-refractivity contribution in [2.45, 2.75) is 18.2 Å². The van der Waals surface area contributed by atoms with Crippen LogP contribution in [0.5, 0.6) is 5.75 Å². The number of nitrogens with one attached hydrogen (secondary N) is 1. The number of nitrogens with zero attached hydrogens (tertiary/aromatic N) is 2. The molecule has 0 radical (unpaired) electrons. The summed E-state index contributed by atoms with van der Waals surface area (Å²) < 4.78 is 6.57. The molecule has 0 atom stereocenters. The Morgan fingerprint density at radius 3 is 2.79 bits per heavy atom. The molecule has 6 nitrogen and oxygen atoms in total. The number of carbonyl (C=O) groups is 1. The summed E-state index contributed by atoms with van der Waals surface area (Å²) in [7, 11) is 1.67. The summed E-state index contributed by atoms with van der Waals surface area (Å²) in [5.74, 6) is 0.597. The Hall–Kier alpha value is -2.81. The largest absolute Gasteiger partial charge is 0.495 e. The first kappa shape index (κ1) is 23.4. The number of rotatable bonds is 8. The Balaban J connectivity index is 1.53. The highest BCUT2D eigenvalue weighted by molar-refractivity contribution is 7.98. The number of halogens is 1. The van der Waals surface area contributed by atoms with Crippen LogP contribution in [0.2, 0.25) is 5.02 Å². The molecule has 0 aliphatic carbocycles. The number of carboxylic acids is 1. The Morgan fingerprint density at radius 1 is 1.24 bits per heavy atom. The molecule has 170 valence electrons. The number of aromatic nitrogens is 2. The minimum atomic E-state index is -0.940. The molecule has 2 N–H and O–H groups in total. The molecule has 0 unspecified atom stereocenters. The van der Waals surface area contributed by atoms with Crippen LogP contribution >= 0.6 is 34.7 Å². The predicted octanol–water partition coefficient (Wildman–Crippen LogP) is 6.40. The number of hydrogen-bond acceptors (Lipinski definition) is 7. The van der Waals surface area contributed by atoms with Gasteiger partial charge in [-0.05, 0) is 49.4 Å². The molecule has 2 heterocycles. The molecule has 2 aromatic carbocycles.